The van der Waals surface area contributed by atoms with E-state index in [4.69, 9.17) is 4.99 Å². The molecule has 0 aromatic heterocycles. The molecule has 2 amide bonds. The van der Waals surface area contributed by atoms with Gasteiger partial charge < -0.3 is 10.2 Å². The number of hydrogen-bond donors (Lipinski definition) is 1. The highest BCUT2D eigenvalue weighted by Gasteiger charge is 2.37. The minimum atomic E-state index is -0.191. The van der Waals surface area contributed by atoms with E-state index in [1.165, 1.54) is 5.56 Å². The minimum absolute atomic E-state index is 0.00712. The molecule has 30 heavy (non-hydrogen) atoms. The van der Waals surface area contributed by atoms with Crippen LogP contribution in [0, 0.1) is 19.8 Å². The number of nitrogens with one attached hydrogen (secondary N) is 1. The van der Waals surface area contributed by atoms with Gasteiger partial charge in [0.1, 0.15) is 6.54 Å². The summed E-state index contributed by atoms with van der Waals surface area (Å²) in [5, 5.41) is 2.99. The number of anilines is 1. The molecule has 2 aromatic rings. The molecule has 1 heterocycles. The molecule has 2 aromatic carbocycles. The van der Waals surface area contributed by atoms with Crippen molar-refractivity contribution in [2.24, 2.45) is 10.9 Å². The Hall–Kier alpha value is -2.95. The van der Waals surface area contributed by atoms with Gasteiger partial charge in [0, 0.05) is 12.3 Å². The third-order valence-corrected chi connectivity index (χ3v) is 6.15. The summed E-state index contributed by atoms with van der Waals surface area (Å²) in [6.45, 7) is 4.72. The van der Waals surface area contributed by atoms with E-state index in [0.29, 0.717) is 6.54 Å². The van der Waals surface area contributed by atoms with Crippen molar-refractivity contribution in [2.45, 2.75) is 46.0 Å². The highest BCUT2D eigenvalue weighted by atomic mass is 16.2. The molecule has 1 saturated carbocycles. The summed E-state index contributed by atoms with van der Waals surface area (Å²) in [7, 11) is 0. The number of rotatable bonds is 6. The summed E-state index contributed by atoms with van der Waals surface area (Å²) in [5.41, 5.74) is 6.04. The summed E-state index contributed by atoms with van der Waals surface area (Å²) >= 11 is 0. The Bertz CT molecular complexity index is 981. The lowest BCUT2D eigenvalue weighted by atomic mass is 10.0. The Morgan fingerprint density at radius 1 is 1.17 bits per heavy atom. The third-order valence-electron chi connectivity index (χ3n) is 6.15. The topological polar surface area (TPSA) is 61.8 Å². The second-order valence-corrected chi connectivity index (χ2v) is 8.34. The van der Waals surface area contributed by atoms with Crippen LogP contribution in [0.15, 0.2) is 47.5 Å². The van der Waals surface area contributed by atoms with E-state index >= 15 is 0 Å². The Morgan fingerprint density at radius 3 is 2.73 bits per heavy atom. The number of aliphatic imine (C=N–C) groups is 1. The maximum Gasteiger partial charge on any atom is 0.240 e. The van der Waals surface area contributed by atoms with Crippen molar-refractivity contribution < 1.29 is 9.59 Å². The number of aryl methyl sites for hydroxylation is 3. The number of carbonyl (C=O) groups excluding carboxylic acids is 2. The number of nitrogens with zero attached hydrogens (tertiary/aromatic N) is 2. The molecule has 5 heteroatoms. The molecule has 1 N–H and O–H groups in total. The van der Waals surface area contributed by atoms with E-state index in [0.717, 1.165) is 60.3 Å². The lowest BCUT2D eigenvalue weighted by Crippen LogP contribution is -2.44. The first-order valence-electron chi connectivity index (χ1n) is 10.8. The van der Waals surface area contributed by atoms with Gasteiger partial charge in [0.15, 0.2) is 0 Å². The van der Waals surface area contributed by atoms with Gasteiger partial charge >= 0.3 is 0 Å². The predicted molar refractivity (Wildman–Crippen MR) is 120 cm³/mol. The monoisotopic (exact) mass is 403 g/mol. The lowest BCUT2D eigenvalue weighted by Gasteiger charge is -2.25. The Kier molecular flexibility index (Phi) is 5.98. The molecular formula is C25H29N3O2. The van der Waals surface area contributed by atoms with Crippen LogP contribution in [0.1, 0.15) is 42.4 Å². The van der Waals surface area contributed by atoms with Gasteiger partial charge in [-0.05, 0) is 74.8 Å². The second kappa shape index (κ2) is 8.82. The van der Waals surface area contributed by atoms with E-state index in [9.17, 15) is 9.59 Å². The van der Waals surface area contributed by atoms with Crippen LogP contribution in [0.25, 0.3) is 0 Å². The van der Waals surface area contributed by atoms with Gasteiger partial charge in [-0.1, -0.05) is 30.3 Å². The minimum Gasteiger partial charge on any atom is -0.355 e. The zero-order valence-electron chi connectivity index (χ0n) is 17.8. The first-order valence-corrected chi connectivity index (χ1v) is 10.8. The van der Waals surface area contributed by atoms with Crippen molar-refractivity contribution in [2.75, 3.05) is 18.0 Å². The van der Waals surface area contributed by atoms with E-state index in [2.05, 4.69) is 24.4 Å². The molecule has 0 radical (unpaired) electrons. The molecule has 5 nitrogen and oxygen atoms in total. The van der Waals surface area contributed by atoms with Crippen LogP contribution in [-0.2, 0) is 16.0 Å². The molecule has 1 aliphatic heterocycles. The van der Waals surface area contributed by atoms with Crippen LogP contribution in [-0.4, -0.2) is 30.6 Å². The quantitative estimate of drug-likeness (QED) is 0.732. The maximum atomic E-state index is 13.3. The summed E-state index contributed by atoms with van der Waals surface area (Å²) in [5.74, 6) is -0.307. The molecule has 0 bridgehead atoms. The molecule has 1 fully saturated rings. The molecular weight excluding hydrogens is 374 g/mol. The van der Waals surface area contributed by atoms with Gasteiger partial charge in [-0.15, -0.1) is 0 Å². The van der Waals surface area contributed by atoms with Gasteiger partial charge in [-0.3, -0.25) is 14.6 Å². The molecule has 156 valence electrons. The summed E-state index contributed by atoms with van der Waals surface area (Å²) in [6, 6.07) is 14.3. The van der Waals surface area contributed by atoms with Crippen molar-refractivity contribution in [3.8, 4) is 0 Å². The largest absolute Gasteiger partial charge is 0.355 e. The molecule has 0 saturated heterocycles. The number of benzene rings is 2. The van der Waals surface area contributed by atoms with E-state index in [-0.39, 0.29) is 24.3 Å². The predicted octanol–water partition coefficient (Wildman–Crippen LogP) is 4.27. The standard InChI is InChI=1S/C25H29N3O2/c1-17-14-22-23(15-18(17)2)28(25(30)20-11-6-12-21(20)27-22)16-24(29)26-13-7-10-19-8-4-3-5-9-19/h3-5,8-9,14-15,20H,6-7,10-13,16H2,1-2H3,(H,26,29)/t20-/m1/s1. The Balaban J connectivity index is 1.45. The van der Waals surface area contributed by atoms with Crippen LogP contribution in [0.4, 0.5) is 11.4 Å². The van der Waals surface area contributed by atoms with Crippen LogP contribution in [0.3, 0.4) is 0 Å². The third kappa shape index (κ3) is 4.30. The molecule has 0 spiro atoms. The molecule has 1 aliphatic carbocycles. The summed E-state index contributed by atoms with van der Waals surface area (Å²) < 4.78 is 0. The smallest absolute Gasteiger partial charge is 0.240 e. The van der Waals surface area contributed by atoms with Crippen LogP contribution < -0.4 is 10.2 Å². The summed E-state index contributed by atoms with van der Waals surface area (Å²) in [6.07, 6.45) is 4.45. The molecule has 2 aliphatic rings. The van der Waals surface area contributed by atoms with Gasteiger partial charge in [-0.2, -0.15) is 0 Å². The molecule has 1 atom stereocenters. The number of hydrogen-bond acceptors (Lipinski definition) is 3. The Morgan fingerprint density at radius 2 is 1.93 bits per heavy atom. The average molecular weight is 404 g/mol. The Labute approximate surface area is 178 Å². The van der Waals surface area contributed by atoms with Crippen molar-refractivity contribution in [3.05, 3.63) is 59.2 Å². The number of fused-ring (bicyclic) bond motifs is 2. The van der Waals surface area contributed by atoms with E-state index in [1.807, 2.05) is 37.3 Å². The van der Waals surface area contributed by atoms with Crippen molar-refractivity contribution >= 4 is 28.9 Å². The fourth-order valence-corrected chi connectivity index (χ4v) is 4.31. The highest BCUT2D eigenvalue weighted by molar-refractivity contribution is 6.16. The van der Waals surface area contributed by atoms with Crippen molar-refractivity contribution in [1.82, 2.24) is 5.32 Å². The highest BCUT2D eigenvalue weighted by Crippen LogP contribution is 2.39. The normalized spacial score (nSPS) is 17.8. The van der Waals surface area contributed by atoms with E-state index < -0.39 is 0 Å². The number of amides is 2. The zero-order chi connectivity index (χ0) is 21.1. The molecule has 0 unspecified atom stereocenters. The average Bonchev–Trinajstić information content (AvgIpc) is 3.17. The van der Waals surface area contributed by atoms with Crippen LogP contribution >= 0.6 is 0 Å². The molecule has 4 rings (SSSR count). The lowest BCUT2D eigenvalue weighted by molar-refractivity contribution is -0.124. The van der Waals surface area contributed by atoms with Crippen molar-refractivity contribution in [1.29, 1.82) is 0 Å². The second-order valence-electron chi connectivity index (χ2n) is 8.34. The summed E-state index contributed by atoms with van der Waals surface area (Å²) in [4.78, 5) is 32.5. The van der Waals surface area contributed by atoms with E-state index in [1.54, 1.807) is 4.90 Å². The van der Waals surface area contributed by atoms with Gasteiger partial charge in [0.2, 0.25) is 11.8 Å². The maximum absolute atomic E-state index is 13.3. The fourth-order valence-electron chi connectivity index (χ4n) is 4.31. The van der Waals surface area contributed by atoms with Gasteiger partial charge in [0.25, 0.3) is 0 Å². The van der Waals surface area contributed by atoms with Crippen LogP contribution in [0.2, 0.25) is 0 Å². The first-order chi connectivity index (χ1) is 14.5. The SMILES string of the molecule is Cc1cc2c(cc1C)N(CC(=O)NCCCc1ccccc1)C(=O)[C@@H]1CCCC1=N2. The number of carbonyl (C=O) groups is 2. The van der Waals surface area contributed by atoms with Gasteiger partial charge in [-0.25, -0.2) is 0 Å². The first kappa shape index (κ1) is 20.3. The van der Waals surface area contributed by atoms with Crippen molar-refractivity contribution in [3.63, 3.8) is 0 Å². The van der Waals surface area contributed by atoms with Crippen LogP contribution in [0.5, 0.6) is 0 Å². The van der Waals surface area contributed by atoms with Gasteiger partial charge in [0.05, 0.1) is 17.3 Å². The fraction of sp³-hybridized carbons (Fsp3) is 0.400. The zero-order valence-corrected chi connectivity index (χ0v) is 17.8.